The van der Waals surface area contributed by atoms with Crippen LogP contribution in [0.5, 0.6) is 0 Å². The molecule has 0 saturated heterocycles. The average molecular weight is 197 g/mol. The van der Waals surface area contributed by atoms with E-state index in [-0.39, 0.29) is 5.92 Å². The van der Waals surface area contributed by atoms with E-state index in [1.54, 1.807) is 6.92 Å². The van der Waals surface area contributed by atoms with Crippen LogP contribution in [0, 0.1) is 5.92 Å². The highest BCUT2D eigenvalue weighted by molar-refractivity contribution is 5.69. The molecule has 1 fully saturated rings. The van der Waals surface area contributed by atoms with Crippen molar-refractivity contribution in [1.29, 1.82) is 0 Å². The topological polar surface area (TPSA) is 40.5 Å². The molecule has 3 nitrogen and oxygen atoms in total. The maximum atomic E-state index is 10.7. The highest BCUT2D eigenvalue weighted by atomic mass is 16.4. The summed E-state index contributed by atoms with van der Waals surface area (Å²) >= 11 is 0. The Morgan fingerprint density at radius 3 is 2.57 bits per heavy atom. The van der Waals surface area contributed by atoms with Crippen LogP contribution in [0.15, 0.2) is 12.2 Å². The zero-order chi connectivity index (χ0) is 10.7. The second-order valence-corrected chi connectivity index (χ2v) is 4.36. The number of carboxylic acid groups (broad SMARTS) is 1. The first-order chi connectivity index (χ1) is 6.50. The van der Waals surface area contributed by atoms with Gasteiger partial charge in [0.2, 0.25) is 0 Å². The van der Waals surface area contributed by atoms with Gasteiger partial charge in [-0.2, -0.15) is 0 Å². The Labute approximate surface area is 85.4 Å². The van der Waals surface area contributed by atoms with E-state index in [9.17, 15) is 4.79 Å². The van der Waals surface area contributed by atoms with E-state index in [1.807, 2.05) is 6.92 Å². The van der Waals surface area contributed by atoms with E-state index in [4.69, 9.17) is 5.11 Å². The molecule has 1 saturated carbocycles. The Bertz CT molecular complexity index is 233. The van der Waals surface area contributed by atoms with E-state index in [0.29, 0.717) is 12.6 Å². The van der Waals surface area contributed by atoms with Crippen molar-refractivity contribution in [3.05, 3.63) is 12.2 Å². The van der Waals surface area contributed by atoms with Crippen LogP contribution in [0.4, 0.5) is 0 Å². The molecule has 0 radical (unpaired) electrons. The number of carboxylic acids is 1. The summed E-state index contributed by atoms with van der Waals surface area (Å²) in [5.41, 5.74) is 1.11. The minimum absolute atomic E-state index is 0.282. The third kappa shape index (κ3) is 3.50. The van der Waals surface area contributed by atoms with Crippen molar-refractivity contribution in [2.75, 3.05) is 13.1 Å². The van der Waals surface area contributed by atoms with Gasteiger partial charge in [-0.25, -0.2) is 0 Å². The highest BCUT2D eigenvalue weighted by Gasteiger charge is 2.30. The standard InChI is InChI=1S/C11H19NO2/c1-8(2)6-12(10-4-5-10)7-9(3)11(13)14/h9-10H,1,4-7H2,2-3H3,(H,13,14). The molecule has 3 heteroatoms. The van der Waals surface area contributed by atoms with E-state index >= 15 is 0 Å². The highest BCUT2D eigenvalue weighted by Crippen LogP contribution is 2.28. The van der Waals surface area contributed by atoms with Crippen LogP contribution in [0.2, 0.25) is 0 Å². The van der Waals surface area contributed by atoms with E-state index in [2.05, 4.69) is 11.5 Å². The molecule has 0 bridgehead atoms. The van der Waals surface area contributed by atoms with Crippen molar-refractivity contribution in [1.82, 2.24) is 4.90 Å². The van der Waals surface area contributed by atoms with Gasteiger partial charge >= 0.3 is 5.97 Å². The lowest BCUT2D eigenvalue weighted by atomic mass is 10.1. The molecule has 0 aromatic heterocycles. The maximum Gasteiger partial charge on any atom is 0.307 e. The van der Waals surface area contributed by atoms with Crippen LogP contribution < -0.4 is 0 Å². The molecule has 14 heavy (non-hydrogen) atoms. The van der Waals surface area contributed by atoms with Gasteiger partial charge in [0, 0.05) is 19.1 Å². The number of nitrogens with zero attached hydrogens (tertiary/aromatic N) is 1. The van der Waals surface area contributed by atoms with Gasteiger partial charge < -0.3 is 5.11 Å². The molecule has 1 aliphatic carbocycles. The lowest BCUT2D eigenvalue weighted by Crippen LogP contribution is -2.34. The summed E-state index contributed by atoms with van der Waals surface area (Å²) < 4.78 is 0. The molecule has 0 spiro atoms. The molecule has 1 N–H and O–H groups in total. The SMILES string of the molecule is C=C(C)CN(CC(C)C(=O)O)C1CC1. The molecular weight excluding hydrogens is 178 g/mol. The summed E-state index contributed by atoms with van der Waals surface area (Å²) in [6.45, 7) is 9.10. The largest absolute Gasteiger partial charge is 0.481 e. The van der Waals surface area contributed by atoms with Gasteiger partial charge in [-0.3, -0.25) is 9.69 Å². The van der Waals surface area contributed by atoms with E-state index in [1.165, 1.54) is 12.8 Å². The summed E-state index contributed by atoms with van der Waals surface area (Å²) in [6, 6.07) is 0.605. The summed E-state index contributed by atoms with van der Waals surface area (Å²) in [4.78, 5) is 13.0. The first-order valence-corrected chi connectivity index (χ1v) is 5.12. The number of rotatable bonds is 6. The molecule has 0 aromatic carbocycles. The number of carbonyl (C=O) groups is 1. The molecule has 0 amide bonds. The zero-order valence-corrected chi connectivity index (χ0v) is 8.99. The second-order valence-electron chi connectivity index (χ2n) is 4.36. The van der Waals surface area contributed by atoms with Crippen molar-refractivity contribution in [3.63, 3.8) is 0 Å². The molecule has 1 rings (SSSR count). The predicted molar refractivity (Wildman–Crippen MR) is 56.2 cm³/mol. The van der Waals surface area contributed by atoms with Gasteiger partial charge in [0.15, 0.2) is 0 Å². The van der Waals surface area contributed by atoms with Crippen molar-refractivity contribution in [3.8, 4) is 0 Å². The monoisotopic (exact) mass is 197 g/mol. The molecule has 80 valence electrons. The van der Waals surface area contributed by atoms with Gasteiger partial charge in [-0.1, -0.05) is 19.1 Å². The Morgan fingerprint density at radius 1 is 1.64 bits per heavy atom. The van der Waals surface area contributed by atoms with Gasteiger partial charge in [-0.15, -0.1) is 0 Å². The van der Waals surface area contributed by atoms with E-state index < -0.39 is 5.97 Å². The first kappa shape index (κ1) is 11.2. The van der Waals surface area contributed by atoms with Crippen molar-refractivity contribution in [2.45, 2.75) is 32.7 Å². The third-order valence-corrected chi connectivity index (χ3v) is 2.47. The quantitative estimate of drug-likeness (QED) is 0.659. The lowest BCUT2D eigenvalue weighted by molar-refractivity contribution is -0.141. The Morgan fingerprint density at radius 2 is 2.21 bits per heavy atom. The lowest BCUT2D eigenvalue weighted by Gasteiger charge is -2.23. The number of hydrogen-bond donors (Lipinski definition) is 1. The van der Waals surface area contributed by atoms with Crippen LogP contribution in [0.1, 0.15) is 26.7 Å². The normalized spacial score (nSPS) is 18.2. The van der Waals surface area contributed by atoms with Gasteiger partial charge in [0.05, 0.1) is 5.92 Å². The Balaban J connectivity index is 2.42. The van der Waals surface area contributed by atoms with Crippen LogP contribution in [0.25, 0.3) is 0 Å². The van der Waals surface area contributed by atoms with Crippen LogP contribution in [-0.4, -0.2) is 35.1 Å². The third-order valence-electron chi connectivity index (χ3n) is 2.47. The van der Waals surface area contributed by atoms with Gasteiger partial charge in [0.25, 0.3) is 0 Å². The molecule has 1 aliphatic rings. The smallest absolute Gasteiger partial charge is 0.307 e. The van der Waals surface area contributed by atoms with Gasteiger partial charge in [-0.05, 0) is 19.8 Å². The molecular formula is C11H19NO2. The molecule has 1 atom stereocenters. The average Bonchev–Trinajstić information content (AvgIpc) is 2.83. The minimum Gasteiger partial charge on any atom is -0.481 e. The van der Waals surface area contributed by atoms with Crippen molar-refractivity contribution in [2.24, 2.45) is 5.92 Å². The summed E-state index contributed by atoms with van der Waals surface area (Å²) in [7, 11) is 0. The molecule has 0 aliphatic heterocycles. The fourth-order valence-electron chi connectivity index (χ4n) is 1.56. The second kappa shape index (κ2) is 4.60. The van der Waals surface area contributed by atoms with Crippen LogP contribution in [-0.2, 0) is 4.79 Å². The zero-order valence-electron chi connectivity index (χ0n) is 8.99. The van der Waals surface area contributed by atoms with Crippen molar-refractivity contribution >= 4 is 5.97 Å². The molecule has 0 aromatic rings. The van der Waals surface area contributed by atoms with Gasteiger partial charge in [0.1, 0.15) is 0 Å². The van der Waals surface area contributed by atoms with Crippen LogP contribution in [0.3, 0.4) is 0 Å². The summed E-state index contributed by atoms with van der Waals surface area (Å²) in [5.74, 6) is -0.993. The summed E-state index contributed by atoms with van der Waals surface area (Å²) in [5, 5.41) is 8.82. The Hall–Kier alpha value is -0.830. The summed E-state index contributed by atoms with van der Waals surface area (Å²) in [6.07, 6.45) is 2.42. The predicted octanol–water partition coefficient (Wildman–Crippen LogP) is 1.75. The fourth-order valence-corrected chi connectivity index (χ4v) is 1.56. The number of hydrogen-bond acceptors (Lipinski definition) is 2. The first-order valence-electron chi connectivity index (χ1n) is 5.12. The molecule has 0 heterocycles. The fraction of sp³-hybridized carbons (Fsp3) is 0.727. The minimum atomic E-state index is -0.711. The van der Waals surface area contributed by atoms with Crippen molar-refractivity contribution < 1.29 is 9.90 Å². The Kier molecular flexibility index (Phi) is 3.69. The van der Waals surface area contributed by atoms with E-state index in [0.717, 1.165) is 12.1 Å². The molecule has 1 unspecified atom stereocenters. The maximum absolute atomic E-state index is 10.7. The number of aliphatic carboxylic acids is 1. The van der Waals surface area contributed by atoms with Crippen LogP contribution >= 0.6 is 0 Å².